The van der Waals surface area contributed by atoms with Crippen molar-refractivity contribution in [1.29, 1.82) is 0 Å². The van der Waals surface area contributed by atoms with Crippen LogP contribution in [0.3, 0.4) is 0 Å². The molecule has 0 bridgehead atoms. The van der Waals surface area contributed by atoms with Crippen LogP contribution in [-0.4, -0.2) is 20.4 Å². The second-order valence-electron chi connectivity index (χ2n) is 7.49. The van der Waals surface area contributed by atoms with Crippen LogP contribution in [0.15, 0.2) is 60.7 Å². The molecule has 4 aromatic rings. The first-order valence-electron chi connectivity index (χ1n) is 9.53. The van der Waals surface area contributed by atoms with Gasteiger partial charge in [0, 0.05) is 23.3 Å². The molecule has 0 saturated carbocycles. The monoisotopic (exact) mass is 450 g/mol. The molecular weight excluding hydrogens is 435 g/mol. The Kier molecular flexibility index (Phi) is 4.50. The molecule has 0 saturated heterocycles. The third-order valence-corrected chi connectivity index (χ3v) is 6.28. The first kappa shape index (κ1) is 19.6. The lowest BCUT2D eigenvalue weighted by Crippen LogP contribution is -1.94. The predicted octanol–water partition coefficient (Wildman–Crippen LogP) is 6.72. The molecule has 6 heteroatoms. The van der Waals surface area contributed by atoms with Crippen LogP contribution in [0.1, 0.15) is 11.1 Å². The van der Waals surface area contributed by atoms with Gasteiger partial charge in [0.05, 0.1) is 10.0 Å². The summed E-state index contributed by atoms with van der Waals surface area (Å²) in [6.45, 7) is 0. The SMILES string of the molecule is Oc1cc(O)c(-c2ccc3c(c2-c2cc(Cl)c(O)cc2O)Cc2ccccc2-3)cc1Cl. The number of fused-ring (bicyclic) bond motifs is 3. The molecule has 0 atom stereocenters. The van der Waals surface area contributed by atoms with E-state index in [1.165, 1.54) is 24.3 Å². The van der Waals surface area contributed by atoms with E-state index >= 15 is 0 Å². The third kappa shape index (κ3) is 3.07. The van der Waals surface area contributed by atoms with Gasteiger partial charge in [-0.15, -0.1) is 0 Å². The molecular formula is C25H16Cl2O4. The van der Waals surface area contributed by atoms with Gasteiger partial charge >= 0.3 is 0 Å². The van der Waals surface area contributed by atoms with Gasteiger partial charge in [0.15, 0.2) is 0 Å². The van der Waals surface area contributed by atoms with Crippen LogP contribution in [0.2, 0.25) is 10.0 Å². The minimum Gasteiger partial charge on any atom is -0.507 e. The van der Waals surface area contributed by atoms with Crippen LogP contribution in [-0.2, 0) is 6.42 Å². The second kappa shape index (κ2) is 7.12. The fourth-order valence-electron chi connectivity index (χ4n) is 4.26. The molecule has 4 N–H and O–H groups in total. The van der Waals surface area contributed by atoms with Gasteiger partial charge in [0.25, 0.3) is 0 Å². The average Bonchev–Trinajstić information content (AvgIpc) is 3.12. The van der Waals surface area contributed by atoms with Gasteiger partial charge in [0.1, 0.15) is 23.0 Å². The Morgan fingerprint density at radius 1 is 0.548 bits per heavy atom. The van der Waals surface area contributed by atoms with Crippen molar-refractivity contribution in [3.8, 4) is 56.4 Å². The highest BCUT2D eigenvalue weighted by atomic mass is 35.5. The van der Waals surface area contributed by atoms with Crippen molar-refractivity contribution in [2.75, 3.05) is 0 Å². The molecule has 1 aliphatic carbocycles. The standard InChI is InChI=1S/C25H16Cl2O4/c26-19-8-16(21(28)10-23(19)30)15-6-5-14-13-4-2-1-3-12(13)7-17(14)25(15)18-9-20(27)24(31)11-22(18)29/h1-6,8-11,28-31H,7H2. The zero-order chi connectivity index (χ0) is 21.9. The van der Waals surface area contributed by atoms with Gasteiger partial charge in [-0.3, -0.25) is 0 Å². The normalized spacial score (nSPS) is 11.9. The summed E-state index contributed by atoms with van der Waals surface area (Å²) in [5.41, 5.74) is 6.33. The Balaban J connectivity index is 1.87. The molecule has 1 aliphatic rings. The van der Waals surface area contributed by atoms with Crippen molar-refractivity contribution in [3.63, 3.8) is 0 Å². The van der Waals surface area contributed by atoms with E-state index in [1.807, 2.05) is 30.3 Å². The maximum Gasteiger partial charge on any atom is 0.137 e. The smallest absolute Gasteiger partial charge is 0.137 e. The Morgan fingerprint density at radius 3 is 1.84 bits per heavy atom. The molecule has 0 spiro atoms. The third-order valence-electron chi connectivity index (χ3n) is 5.68. The maximum atomic E-state index is 10.7. The van der Waals surface area contributed by atoms with Crippen molar-refractivity contribution in [2.45, 2.75) is 6.42 Å². The highest BCUT2D eigenvalue weighted by molar-refractivity contribution is 6.33. The van der Waals surface area contributed by atoms with Crippen molar-refractivity contribution < 1.29 is 20.4 Å². The van der Waals surface area contributed by atoms with Crippen LogP contribution < -0.4 is 0 Å². The van der Waals surface area contributed by atoms with Crippen LogP contribution in [0, 0.1) is 0 Å². The number of phenolic OH excluding ortho intramolecular Hbond substituents is 4. The largest absolute Gasteiger partial charge is 0.507 e. The number of aromatic hydroxyl groups is 4. The lowest BCUT2D eigenvalue weighted by atomic mass is 9.87. The fraction of sp³-hybridized carbons (Fsp3) is 0.0400. The summed E-state index contributed by atoms with van der Waals surface area (Å²) in [7, 11) is 0. The van der Waals surface area contributed by atoms with Crippen molar-refractivity contribution in [1.82, 2.24) is 0 Å². The predicted molar refractivity (Wildman–Crippen MR) is 122 cm³/mol. The van der Waals surface area contributed by atoms with Gasteiger partial charge in [-0.25, -0.2) is 0 Å². The zero-order valence-corrected chi connectivity index (χ0v) is 17.5. The number of rotatable bonds is 2. The highest BCUT2D eigenvalue weighted by Crippen LogP contribution is 2.51. The van der Waals surface area contributed by atoms with E-state index in [4.69, 9.17) is 23.2 Å². The summed E-state index contributed by atoms with van der Waals surface area (Å²) in [5.74, 6) is -0.746. The summed E-state index contributed by atoms with van der Waals surface area (Å²) in [6, 6.07) is 17.2. The minimum atomic E-state index is -0.228. The summed E-state index contributed by atoms with van der Waals surface area (Å²) in [6.07, 6.45) is 0.624. The van der Waals surface area contributed by atoms with Gasteiger partial charge in [0.2, 0.25) is 0 Å². The maximum absolute atomic E-state index is 10.7. The molecule has 0 unspecified atom stereocenters. The summed E-state index contributed by atoms with van der Waals surface area (Å²) in [4.78, 5) is 0. The van der Waals surface area contributed by atoms with Crippen LogP contribution in [0.5, 0.6) is 23.0 Å². The van der Waals surface area contributed by atoms with E-state index in [2.05, 4.69) is 6.07 Å². The van der Waals surface area contributed by atoms with E-state index in [0.717, 1.165) is 22.3 Å². The Morgan fingerprint density at radius 2 is 1.13 bits per heavy atom. The van der Waals surface area contributed by atoms with Gasteiger partial charge in [-0.2, -0.15) is 0 Å². The molecule has 0 amide bonds. The van der Waals surface area contributed by atoms with Crippen molar-refractivity contribution in [3.05, 3.63) is 81.8 Å². The quantitative estimate of drug-likeness (QED) is 0.240. The van der Waals surface area contributed by atoms with Crippen molar-refractivity contribution >= 4 is 23.2 Å². The van der Waals surface area contributed by atoms with E-state index < -0.39 is 0 Å². The molecule has 0 aliphatic heterocycles. The molecule has 4 nitrogen and oxygen atoms in total. The first-order chi connectivity index (χ1) is 14.8. The van der Waals surface area contributed by atoms with E-state index in [1.54, 1.807) is 0 Å². The minimum absolute atomic E-state index is 0.0931. The van der Waals surface area contributed by atoms with Gasteiger partial charge in [-0.05, 0) is 51.9 Å². The van der Waals surface area contributed by atoms with Crippen LogP contribution in [0.25, 0.3) is 33.4 Å². The van der Waals surface area contributed by atoms with Crippen LogP contribution >= 0.6 is 23.2 Å². The molecule has 0 aromatic heterocycles. The van der Waals surface area contributed by atoms with E-state index in [9.17, 15) is 20.4 Å². The van der Waals surface area contributed by atoms with Gasteiger partial charge in [-0.1, -0.05) is 59.6 Å². The Labute approximate surface area is 188 Å². The zero-order valence-electron chi connectivity index (χ0n) is 16.0. The molecule has 154 valence electrons. The molecule has 5 rings (SSSR count). The molecule has 4 aromatic carbocycles. The molecule has 0 radical (unpaired) electrons. The molecule has 31 heavy (non-hydrogen) atoms. The number of halogens is 2. The van der Waals surface area contributed by atoms with Crippen molar-refractivity contribution in [2.24, 2.45) is 0 Å². The van der Waals surface area contributed by atoms with Crippen LogP contribution in [0.4, 0.5) is 0 Å². The van der Waals surface area contributed by atoms with E-state index in [0.29, 0.717) is 28.7 Å². The number of hydrogen-bond donors (Lipinski definition) is 4. The highest BCUT2D eigenvalue weighted by Gasteiger charge is 2.27. The molecule has 0 fully saturated rings. The molecule has 0 heterocycles. The Hall–Kier alpha value is -3.34. The van der Waals surface area contributed by atoms with E-state index in [-0.39, 0.29) is 33.0 Å². The lowest BCUT2D eigenvalue weighted by molar-refractivity contribution is 0.450. The summed E-state index contributed by atoms with van der Waals surface area (Å²) >= 11 is 12.3. The summed E-state index contributed by atoms with van der Waals surface area (Å²) < 4.78 is 0. The Bertz CT molecular complexity index is 1380. The summed E-state index contributed by atoms with van der Waals surface area (Å²) in [5, 5.41) is 41.3. The number of benzene rings is 4. The number of hydrogen-bond acceptors (Lipinski definition) is 4. The number of phenols is 4. The lowest BCUT2D eigenvalue weighted by Gasteiger charge is -2.18. The topological polar surface area (TPSA) is 80.9 Å². The van der Waals surface area contributed by atoms with Gasteiger partial charge < -0.3 is 20.4 Å². The average molecular weight is 451 g/mol. The second-order valence-corrected chi connectivity index (χ2v) is 8.30. The fourth-order valence-corrected chi connectivity index (χ4v) is 4.59. The first-order valence-corrected chi connectivity index (χ1v) is 10.3.